The highest BCUT2D eigenvalue weighted by molar-refractivity contribution is 7.92. The molecule has 3 aromatic rings. The fraction of sp³-hybridized carbons (Fsp3) is 0.333. The molecule has 2 aliphatic rings. The second-order valence-electron chi connectivity index (χ2n) is 8.97. The molecule has 0 radical (unpaired) electrons. The van der Waals surface area contributed by atoms with Gasteiger partial charge in [0.25, 0.3) is 5.91 Å². The number of aryl methyl sites for hydroxylation is 1. The fourth-order valence-corrected chi connectivity index (χ4v) is 7.59. The van der Waals surface area contributed by atoms with E-state index >= 15 is 0 Å². The van der Waals surface area contributed by atoms with Gasteiger partial charge in [0.1, 0.15) is 10.8 Å². The summed E-state index contributed by atoms with van der Waals surface area (Å²) in [4.78, 5) is 27.3. The van der Waals surface area contributed by atoms with Crippen molar-refractivity contribution >= 4 is 43.9 Å². The number of ether oxygens (including phenoxy) is 2. The van der Waals surface area contributed by atoms with Gasteiger partial charge in [0.2, 0.25) is 10.0 Å². The molecule has 0 unspecified atom stereocenters. The molecule has 0 saturated carbocycles. The molecular weight excluding hydrogens is 512 g/mol. The number of fused-ring (bicyclic) bond motifs is 2. The van der Waals surface area contributed by atoms with E-state index < -0.39 is 28.0 Å². The van der Waals surface area contributed by atoms with Crippen LogP contribution < -0.4 is 14.4 Å². The van der Waals surface area contributed by atoms with Crippen LogP contribution >= 0.6 is 11.3 Å². The first kappa shape index (κ1) is 25.3. The van der Waals surface area contributed by atoms with E-state index in [2.05, 4.69) is 5.32 Å². The van der Waals surface area contributed by atoms with Gasteiger partial charge in [0.15, 0.2) is 6.10 Å². The van der Waals surface area contributed by atoms with Crippen molar-refractivity contribution in [1.82, 2.24) is 0 Å². The third kappa shape index (κ3) is 5.21. The van der Waals surface area contributed by atoms with E-state index in [1.165, 1.54) is 15.6 Å². The number of para-hydroxylation sites is 2. The number of benzene rings is 2. The van der Waals surface area contributed by atoms with E-state index in [0.717, 1.165) is 36.1 Å². The summed E-state index contributed by atoms with van der Waals surface area (Å²) in [6, 6.07) is 15.7. The third-order valence-electron chi connectivity index (χ3n) is 6.44. The van der Waals surface area contributed by atoms with Crippen LogP contribution in [0.15, 0.2) is 54.6 Å². The Morgan fingerprint density at radius 2 is 1.81 bits per heavy atom. The highest BCUT2D eigenvalue weighted by Gasteiger charge is 2.38. The summed E-state index contributed by atoms with van der Waals surface area (Å²) >= 11 is 1.38. The number of nitrogens with one attached hydrogen (secondary N) is 1. The molecule has 10 heteroatoms. The normalized spacial score (nSPS) is 16.8. The number of hydrogen-bond donors (Lipinski definition) is 1. The molecule has 5 rings (SSSR count). The number of nitrogens with zero attached hydrogens (tertiary/aromatic N) is 1. The predicted molar refractivity (Wildman–Crippen MR) is 143 cm³/mol. The molecule has 1 atom stereocenters. The van der Waals surface area contributed by atoms with Crippen molar-refractivity contribution in [3.63, 3.8) is 0 Å². The van der Waals surface area contributed by atoms with E-state index in [9.17, 15) is 18.0 Å². The molecule has 2 heterocycles. The van der Waals surface area contributed by atoms with Gasteiger partial charge in [-0.1, -0.05) is 42.5 Å². The molecule has 1 aliphatic carbocycles. The minimum absolute atomic E-state index is 0.183. The van der Waals surface area contributed by atoms with Gasteiger partial charge in [0, 0.05) is 4.88 Å². The van der Waals surface area contributed by atoms with Gasteiger partial charge in [-0.25, -0.2) is 13.2 Å². The summed E-state index contributed by atoms with van der Waals surface area (Å²) in [6.07, 6.45) is 2.50. The third-order valence-corrected chi connectivity index (χ3v) is 9.37. The Kier molecular flexibility index (Phi) is 7.21. The van der Waals surface area contributed by atoms with Gasteiger partial charge in [0.05, 0.1) is 30.2 Å². The van der Waals surface area contributed by atoms with Gasteiger partial charge in [-0.3, -0.25) is 9.10 Å². The van der Waals surface area contributed by atoms with Gasteiger partial charge in [-0.15, -0.1) is 11.3 Å². The van der Waals surface area contributed by atoms with Crippen molar-refractivity contribution in [3.05, 3.63) is 76.2 Å². The van der Waals surface area contributed by atoms with Crippen LogP contribution in [0, 0.1) is 0 Å². The van der Waals surface area contributed by atoms with E-state index in [1.54, 1.807) is 55.5 Å². The number of carbonyl (C=O) groups excluding carboxylic acids is 2. The average Bonchev–Trinajstić information content (AvgIpc) is 3.26. The lowest BCUT2D eigenvalue weighted by molar-refractivity contribution is -0.122. The Bertz CT molecular complexity index is 1420. The molecule has 0 spiro atoms. The van der Waals surface area contributed by atoms with Crippen molar-refractivity contribution < 1.29 is 27.5 Å². The fourth-order valence-electron chi connectivity index (χ4n) is 4.73. The summed E-state index contributed by atoms with van der Waals surface area (Å²) in [7, 11) is -3.82. The van der Waals surface area contributed by atoms with Crippen LogP contribution in [-0.4, -0.2) is 39.5 Å². The number of rotatable bonds is 7. The Balaban J connectivity index is 1.43. The Morgan fingerprint density at radius 3 is 2.59 bits per heavy atom. The number of carbonyl (C=O) groups is 2. The monoisotopic (exact) mass is 540 g/mol. The van der Waals surface area contributed by atoms with Crippen LogP contribution in [0.5, 0.6) is 5.75 Å². The first-order valence-corrected chi connectivity index (χ1v) is 14.7. The SMILES string of the molecule is CCOC(=O)c1c(NC(=O)[C@@H]2CN(S(=O)(=O)Cc3ccccc3)c3ccccc3O2)sc2c1CCCC2. The molecular formula is C27H28N2O6S2. The topological polar surface area (TPSA) is 102 Å². The minimum atomic E-state index is -3.82. The molecule has 0 saturated heterocycles. The van der Waals surface area contributed by atoms with Gasteiger partial charge < -0.3 is 14.8 Å². The van der Waals surface area contributed by atoms with Crippen LogP contribution in [0.2, 0.25) is 0 Å². The van der Waals surface area contributed by atoms with Crippen LogP contribution in [0.4, 0.5) is 10.7 Å². The van der Waals surface area contributed by atoms with E-state index in [4.69, 9.17) is 9.47 Å². The zero-order chi connectivity index (χ0) is 26.0. The quantitative estimate of drug-likeness (QED) is 0.442. The first-order chi connectivity index (χ1) is 17.9. The van der Waals surface area contributed by atoms with E-state index in [-0.39, 0.29) is 18.9 Å². The number of anilines is 2. The van der Waals surface area contributed by atoms with Crippen molar-refractivity contribution in [3.8, 4) is 5.75 Å². The Labute approximate surface area is 220 Å². The number of thiophene rings is 1. The van der Waals surface area contributed by atoms with Crippen LogP contribution in [0.1, 0.15) is 46.1 Å². The van der Waals surface area contributed by atoms with Crippen molar-refractivity contribution in [2.24, 2.45) is 0 Å². The number of hydrogen-bond acceptors (Lipinski definition) is 7. The van der Waals surface area contributed by atoms with Crippen molar-refractivity contribution in [1.29, 1.82) is 0 Å². The highest BCUT2D eigenvalue weighted by Crippen LogP contribution is 2.40. The van der Waals surface area contributed by atoms with Crippen molar-refractivity contribution in [2.75, 3.05) is 22.8 Å². The molecule has 2 aromatic carbocycles. The molecule has 1 aliphatic heterocycles. The molecule has 1 N–H and O–H groups in total. The maximum absolute atomic E-state index is 13.5. The van der Waals surface area contributed by atoms with Gasteiger partial charge in [-0.2, -0.15) is 0 Å². The molecule has 37 heavy (non-hydrogen) atoms. The molecule has 0 bridgehead atoms. The zero-order valence-electron chi connectivity index (χ0n) is 20.4. The van der Waals surface area contributed by atoms with Crippen LogP contribution in [0.25, 0.3) is 0 Å². The summed E-state index contributed by atoms with van der Waals surface area (Å²) in [5, 5.41) is 3.29. The summed E-state index contributed by atoms with van der Waals surface area (Å²) in [6.45, 7) is 1.79. The van der Waals surface area contributed by atoms with Crippen LogP contribution in [0.3, 0.4) is 0 Å². The summed E-state index contributed by atoms with van der Waals surface area (Å²) in [5.41, 5.74) is 2.38. The minimum Gasteiger partial charge on any atom is -0.476 e. The summed E-state index contributed by atoms with van der Waals surface area (Å²) < 4.78 is 39.4. The summed E-state index contributed by atoms with van der Waals surface area (Å²) in [5.74, 6) is -0.874. The van der Waals surface area contributed by atoms with Crippen LogP contribution in [-0.2, 0) is 38.1 Å². The van der Waals surface area contributed by atoms with Gasteiger partial charge in [-0.05, 0) is 55.9 Å². The molecule has 194 valence electrons. The predicted octanol–water partition coefficient (Wildman–Crippen LogP) is 4.54. The first-order valence-electron chi connectivity index (χ1n) is 12.3. The lowest BCUT2D eigenvalue weighted by atomic mass is 9.95. The van der Waals surface area contributed by atoms with Crippen molar-refractivity contribution in [2.45, 2.75) is 44.5 Å². The smallest absolute Gasteiger partial charge is 0.341 e. The molecule has 8 nitrogen and oxygen atoms in total. The standard InChI is InChI=1S/C27H28N2O6S2/c1-2-34-27(31)24-19-12-6-9-15-23(19)36-26(24)28-25(30)22-16-29(20-13-7-8-14-21(20)35-22)37(32,33)17-18-10-4-3-5-11-18/h3-5,7-8,10-11,13-14,22H,2,6,9,12,15-17H2,1H3,(H,28,30)/t22-/m0/s1. The Morgan fingerprint density at radius 1 is 1.08 bits per heavy atom. The number of sulfonamides is 1. The maximum Gasteiger partial charge on any atom is 0.341 e. The molecule has 1 amide bonds. The molecule has 0 fully saturated rings. The maximum atomic E-state index is 13.5. The number of amides is 1. The van der Waals surface area contributed by atoms with E-state index in [0.29, 0.717) is 27.6 Å². The average molecular weight is 541 g/mol. The zero-order valence-corrected chi connectivity index (χ0v) is 22.1. The lowest BCUT2D eigenvalue weighted by Gasteiger charge is -2.34. The second-order valence-corrected chi connectivity index (χ2v) is 12.0. The lowest BCUT2D eigenvalue weighted by Crippen LogP contribution is -2.49. The molecule has 1 aromatic heterocycles. The second kappa shape index (κ2) is 10.5. The van der Waals surface area contributed by atoms with E-state index in [1.807, 2.05) is 6.07 Å². The Hall–Kier alpha value is -3.37. The largest absolute Gasteiger partial charge is 0.476 e. The highest BCUT2D eigenvalue weighted by atomic mass is 32.2. The van der Waals surface area contributed by atoms with Gasteiger partial charge >= 0.3 is 5.97 Å². The number of esters is 1.